The SMILES string of the molecule is Cc1ccc(C)n1-c1cc(CCOCc2ccccc2)n(C)n1. The Morgan fingerprint density at radius 2 is 1.70 bits per heavy atom. The molecule has 0 saturated carbocycles. The van der Waals surface area contributed by atoms with E-state index < -0.39 is 0 Å². The van der Waals surface area contributed by atoms with Crippen molar-refractivity contribution in [3.05, 3.63) is 71.2 Å². The molecule has 0 atom stereocenters. The van der Waals surface area contributed by atoms with Gasteiger partial charge >= 0.3 is 0 Å². The van der Waals surface area contributed by atoms with Gasteiger partial charge in [0.15, 0.2) is 5.82 Å². The number of nitrogens with zero attached hydrogens (tertiary/aromatic N) is 3. The second-order valence-corrected chi connectivity index (χ2v) is 5.86. The summed E-state index contributed by atoms with van der Waals surface area (Å²) in [6.07, 6.45) is 0.857. The molecule has 0 N–H and O–H groups in total. The van der Waals surface area contributed by atoms with E-state index in [1.807, 2.05) is 29.9 Å². The van der Waals surface area contributed by atoms with E-state index in [1.165, 1.54) is 22.6 Å². The van der Waals surface area contributed by atoms with Crippen molar-refractivity contribution < 1.29 is 4.74 Å². The molecule has 0 fully saturated rings. The fraction of sp³-hybridized carbons (Fsp3) is 0.316. The van der Waals surface area contributed by atoms with Gasteiger partial charge in [-0.3, -0.25) is 4.68 Å². The average Bonchev–Trinajstić information content (AvgIpc) is 3.07. The Bertz CT molecular complexity index is 752. The van der Waals surface area contributed by atoms with Crippen molar-refractivity contribution in [2.45, 2.75) is 26.9 Å². The Kier molecular flexibility index (Phi) is 4.63. The van der Waals surface area contributed by atoms with Crippen LogP contribution in [0.1, 0.15) is 22.6 Å². The van der Waals surface area contributed by atoms with Crippen LogP contribution in [-0.2, 0) is 24.8 Å². The summed E-state index contributed by atoms with van der Waals surface area (Å²) in [5, 5.41) is 4.64. The van der Waals surface area contributed by atoms with Gasteiger partial charge in [-0.2, -0.15) is 5.10 Å². The van der Waals surface area contributed by atoms with E-state index in [2.05, 4.69) is 53.8 Å². The second kappa shape index (κ2) is 6.84. The highest BCUT2D eigenvalue weighted by molar-refractivity contribution is 5.32. The van der Waals surface area contributed by atoms with Crippen molar-refractivity contribution >= 4 is 0 Å². The topological polar surface area (TPSA) is 32.0 Å². The highest BCUT2D eigenvalue weighted by Gasteiger charge is 2.10. The zero-order valence-electron chi connectivity index (χ0n) is 14.0. The molecule has 3 rings (SSSR count). The summed E-state index contributed by atoms with van der Waals surface area (Å²) in [5.41, 5.74) is 4.79. The first-order valence-electron chi connectivity index (χ1n) is 7.95. The molecule has 23 heavy (non-hydrogen) atoms. The lowest BCUT2D eigenvalue weighted by Crippen LogP contribution is -2.04. The van der Waals surface area contributed by atoms with Crippen LogP contribution in [0.3, 0.4) is 0 Å². The van der Waals surface area contributed by atoms with Crippen molar-refractivity contribution in [3.8, 4) is 5.82 Å². The van der Waals surface area contributed by atoms with Crippen molar-refractivity contribution in [3.63, 3.8) is 0 Å². The second-order valence-electron chi connectivity index (χ2n) is 5.86. The lowest BCUT2D eigenvalue weighted by atomic mass is 10.2. The van der Waals surface area contributed by atoms with Gasteiger partial charge < -0.3 is 9.30 Å². The molecule has 0 amide bonds. The molecule has 0 radical (unpaired) electrons. The molecule has 0 aliphatic carbocycles. The maximum atomic E-state index is 5.78. The van der Waals surface area contributed by atoms with Gasteiger partial charge in [-0.25, -0.2) is 0 Å². The number of aromatic nitrogens is 3. The Balaban J connectivity index is 1.61. The third-order valence-corrected chi connectivity index (χ3v) is 4.08. The third-order valence-electron chi connectivity index (χ3n) is 4.08. The molecule has 0 bridgehead atoms. The minimum Gasteiger partial charge on any atom is -0.376 e. The van der Waals surface area contributed by atoms with Crippen LogP contribution in [0.15, 0.2) is 48.5 Å². The maximum Gasteiger partial charge on any atom is 0.159 e. The molecule has 4 nitrogen and oxygen atoms in total. The van der Waals surface area contributed by atoms with Gasteiger partial charge in [0.2, 0.25) is 0 Å². The molecule has 0 unspecified atom stereocenters. The Morgan fingerprint density at radius 3 is 2.39 bits per heavy atom. The van der Waals surface area contributed by atoms with E-state index in [0.29, 0.717) is 13.2 Å². The van der Waals surface area contributed by atoms with Crippen molar-refractivity contribution in [1.82, 2.24) is 14.3 Å². The van der Waals surface area contributed by atoms with E-state index in [-0.39, 0.29) is 0 Å². The highest BCUT2D eigenvalue weighted by Crippen LogP contribution is 2.16. The predicted molar refractivity (Wildman–Crippen MR) is 91.8 cm³/mol. The molecular weight excluding hydrogens is 286 g/mol. The third kappa shape index (κ3) is 3.54. The van der Waals surface area contributed by atoms with E-state index in [9.17, 15) is 0 Å². The van der Waals surface area contributed by atoms with Crippen LogP contribution in [0.25, 0.3) is 5.82 Å². The quantitative estimate of drug-likeness (QED) is 0.652. The van der Waals surface area contributed by atoms with Crippen molar-refractivity contribution in [1.29, 1.82) is 0 Å². The largest absolute Gasteiger partial charge is 0.376 e. The Hall–Kier alpha value is -2.33. The minimum atomic E-state index is 0.654. The number of aryl methyl sites for hydroxylation is 3. The smallest absolute Gasteiger partial charge is 0.159 e. The monoisotopic (exact) mass is 309 g/mol. The predicted octanol–water partition coefficient (Wildman–Crippen LogP) is 3.59. The maximum absolute atomic E-state index is 5.78. The summed E-state index contributed by atoms with van der Waals surface area (Å²) < 4.78 is 9.90. The summed E-state index contributed by atoms with van der Waals surface area (Å²) >= 11 is 0. The summed E-state index contributed by atoms with van der Waals surface area (Å²) in [6, 6.07) is 16.6. The number of rotatable bonds is 6. The zero-order valence-corrected chi connectivity index (χ0v) is 14.0. The number of benzene rings is 1. The van der Waals surface area contributed by atoms with Gasteiger partial charge in [0, 0.05) is 36.6 Å². The first kappa shape index (κ1) is 15.6. The molecule has 1 aromatic carbocycles. The molecule has 4 heteroatoms. The van der Waals surface area contributed by atoms with Gasteiger partial charge in [-0.15, -0.1) is 0 Å². The first-order chi connectivity index (χ1) is 11.1. The van der Waals surface area contributed by atoms with Crippen LogP contribution >= 0.6 is 0 Å². The molecule has 2 heterocycles. The van der Waals surface area contributed by atoms with Crippen LogP contribution in [0.4, 0.5) is 0 Å². The number of hydrogen-bond acceptors (Lipinski definition) is 2. The molecular formula is C19H23N3O. The van der Waals surface area contributed by atoms with Crippen LogP contribution in [0.5, 0.6) is 0 Å². The van der Waals surface area contributed by atoms with Gasteiger partial charge in [-0.1, -0.05) is 30.3 Å². The fourth-order valence-electron chi connectivity index (χ4n) is 2.80. The van der Waals surface area contributed by atoms with E-state index in [1.54, 1.807) is 0 Å². The molecule has 0 aliphatic rings. The summed E-state index contributed by atoms with van der Waals surface area (Å²) in [7, 11) is 1.99. The van der Waals surface area contributed by atoms with Gasteiger partial charge in [0.05, 0.1) is 13.2 Å². The summed E-state index contributed by atoms with van der Waals surface area (Å²) in [5.74, 6) is 0.977. The molecule has 120 valence electrons. The summed E-state index contributed by atoms with van der Waals surface area (Å²) in [6.45, 7) is 5.55. The summed E-state index contributed by atoms with van der Waals surface area (Å²) in [4.78, 5) is 0. The van der Waals surface area contributed by atoms with E-state index >= 15 is 0 Å². The average molecular weight is 309 g/mol. The normalized spacial score (nSPS) is 11.1. The molecule has 0 spiro atoms. The van der Waals surface area contributed by atoms with Crippen LogP contribution in [0, 0.1) is 13.8 Å². The fourth-order valence-corrected chi connectivity index (χ4v) is 2.80. The minimum absolute atomic E-state index is 0.654. The molecule has 3 aromatic rings. The van der Waals surface area contributed by atoms with Crippen molar-refractivity contribution in [2.75, 3.05) is 6.61 Å². The van der Waals surface area contributed by atoms with Crippen LogP contribution < -0.4 is 0 Å². The van der Waals surface area contributed by atoms with Crippen LogP contribution in [-0.4, -0.2) is 21.0 Å². The lowest BCUT2D eigenvalue weighted by molar-refractivity contribution is 0.122. The molecule has 0 saturated heterocycles. The molecule has 2 aromatic heterocycles. The lowest BCUT2D eigenvalue weighted by Gasteiger charge is -2.04. The van der Waals surface area contributed by atoms with Gasteiger partial charge in [0.25, 0.3) is 0 Å². The molecule has 0 aliphatic heterocycles. The first-order valence-corrected chi connectivity index (χ1v) is 7.95. The van der Waals surface area contributed by atoms with Gasteiger partial charge in [-0.05, 0) is 31.5 Å². The standard InChI is InChI=1S/C19H23N3O/c1-15-9-10-16(2)22(15)19-13-18(21(3)20-19)11-12-23-14-17-7-5-4-6-8-17/h4-10,13H,11-12,14H2,1-3H3. The Morgan fingerprint density at radius 1 is 1.00 bits per heavy atom. The zero-order chi connectivity index (χ0) is 16.2. The number of ether oxygens (including phenoxy) is 1. The van der Waals surface area contributed by atoms with Gasteiger partial charge in [0.1, 0.15) is 0 Å². The van der Waals surface area contributed by atoms with Crippen molar-refractivity contribution in [2.24, 2.45) is 7.05 Å². The van der Waals surface area contributed by atoms with E-state index in [4.69, 9.17) is 4.74 Å². The van der Waals surface area contributed by atoms with Crippen LogP contribution in [0.2, 0.25) is 0 Å². The number of hydrogen-bond donors (Lipinski definition) is 0. The Labute approximate surface area is 137 Å². The van der Waals surface area contributed by atoms with E-state index in [0.717, 1.165) is 12.2 Å². The highest BCUT2D eigenvalue weighted by atomic mass is 16.5.